The van der Waals surface area contributed by atoms with Crippen LogP contribution in [0.25, 0.3) is 0 Å². The summed E-state index contributed by atoms with van der Waals surface area (Å²) in [5.74, 6) is 0.754. The van der Waals surface area contributed by atoms with Crippen LogP contribution >= 0.6 is 11.3 Å². The van der Waals surface area contributed by atoms with Crippen molar-refractivity contribution in [2.75, 3.05) is 19.7 Å². The average molecular weight is 255 g/mol. The van der Waals surface area contributed by atoms with E-state index in [1.807, 2.05) is 0 Å². The number of hydrogen-bond acceptors (Lipinski definition) is 3. The van der Waals surface area contributed by atoms with E-state index >= 15 is 0 Å². The fraction of sp³-hybridized carbons (Fsp3) is 0.714. The van der Waals surface area contributed by atoms with Gasteiger partial charge in [-0.05, 0) is 49.7 Å². The molecular formula is C14H25NOS. The van der Waals surface area contributed by atoms with Gasteiger partial charge in [0.15, 0.2) is 0 Å². The fourth-order valence-corrected chi connectivity index (χ4v) is 2.23. The molecule has 1 N–H and O–H groups in total. The summed E-state index contributed by atoms with van der Waals surface area (Å²) in [5.41, 5.74) is 0. The van der Waals surface area contributed by atoms with Crippen molar-refractivity contribution in [1.29, 1.82) is 0 Å². The molecule has 1 rings (SSSR count). The van der Waals surface area contributed by atoms with Crippen molar-refractivity contribution in [2.45, 2.75) is 39.7 Å². The highest BCUT2D eigenvalue weighted by atomic mass is 32.1. The van der Waals surface area contributed by atoms with Crippen LogP contribution in [0.15, 0.2) is 17.5 Å². The van der Waals surface area contributed by atoms with Gasteiger partial charge >= 0.3 is 0 Å². The molecule has 1 aromatic heterocycles. The zero-order valence-electron chi connectivity index (χ0n) is 11.1. The highest BCUT2D eigenvalue weighted by molar-refractivity contribution is 7.09. The van der Waals surface area contributed by atoms with E-state index < -0.39 is 0 Å². The smallest absolute Gasteiger partial charge is 0.0809 e. The molecule has 0 aliphatic rings. The van der Waals surface area contributed by atoms with Crippen molar-refractivity contribution in [3.8, 4) is 0 Å². The molecule has 0 spiro atoms. The number of rotatable bonds is 10. The molecule has 0 radical (unpaired) electrons. The van der Waals surface area contributed by atoms with Crippen molar-refractivity contribution in [2.24, 2.45) is 5.92 Å². The SMILES string of the molecule is CC(C)CNCCCCCOCc1cccs1. The maximum atomic E-state index is 5.61. The number of unbranched alkanes of at least 4 members (excludes halogenated alkanes) is 2. The van der Waals surface area contributed by atoms with E-state index in [2.05, 4.69) is 36.7 Å². The Kier molecular flexibility index (Phi) is 8.32. The average Bonchev–Trinajstić information content (AvgIpc) is 2.79. The molecule has 0 amide bonds. The largest absolute Gasteiger partial charge is 0.376 e. The minimum absolute atomic E-state index is 0.754. The second kappa shape index (κ2) is 9.63. The Morgan fingerprint density at radius 3 is 2.88 bits per heavy atom. The van der Waals surface area contributed by atoms with Gasteiger partial charge in [-0.2, -0.15) is 0 Å². The molecule has 0 aliphatic carbocycles. The predicted molar refractivity (Wildman–Crippen MR) is 75.5 cm³/mol. The Morgan fingerprint density at radius 2 is 2.18 bits per heavy atom. The lowest BCUT2D eigenvalue weighted by Gasteiger charge is -2.07. The summed E-state index contributed by atoms with van der Waals surface area (Å²) in [4.78, 5) is 1.32. The molecule has 3 heteroatoms. The number of nitrogens with one attached hydrogen (secondary N) is 1. The quantitative estimate of drug-likeness (QED) is 0.644. The first-order chi connectivity index (χ1) is 8.29. The summed E-state index contributed by atoms with van der Waals surface area (Å²) >= 11 is 1.77. The first kappa shape index (κ1) is 14.7. The van der Waals surface area contributed by atoms with Crippen LogP contribution in [0.3, 0.4) is 0 Å². The van der Waals surface area contributed by atoms with Crippen LogP contribution < -0.4 is 5.32 Å². The molecule has 0 bridgehead atoms. The van der Waals surface area contributed by atoms with Crippen molar-refractivity contribution >= 4 is 11.3 Å². The summed E-state index contributed by atoms with van der Waals surface area (Å²) in [6, 6.07) is 4.20. The maximum Gasteiger partial charge on any atom is 0.0809 e. The van der Waals surface area contributed by atoms with Crippen LogP contribution in [0.1, 0.15) is 38.0 Å². The standard InChI is InChI=1S/C14H25NOS/c1-13(2)11-15-8-4-3-5-9-16-12-14-7-6-10-17-14/h6-7,10,13,15H,3-5,8-9,11-12H2,1-2H3. The summed E-state index contributed by atoms with van der Waals surface area (Å²) in [7, 11) is 0. The Hall–Kier alpha value is -0.380. The predicted octanol–water partition coefficient (Wildman–Crippen LogP) is 3.68. The van der Waals surface area contributed by atoms with E-state index in [4.69, 9.17) is 4.74 Å². The number of hydrogen-bond donors (Lipinski definition) is 1. The monoisotopic (exact) mass is 255 g/mol. The van der Waals surface area contributed by atoms with Crippen molar-refractivity contribution in [3.05, 3.63) is 22.4 Å². The molecule has 17 heavy (non-hydrogen) atoms. The third kappa shape index (κ3) is 8.36. The van der Waals surface area contributed by atoms with Gasteiger partial charge in [-0.3, -0.25) is 0 Å². The molecule has 0 saturated heterocycles. The highest BCUT2D eigenvalue weighted by Crippen LogP contribution is 2.09. The fourth-order valence-electron chi connectivity index (χ4n) is 1.59. The van der Waals surface area contributed by atoms with Gasteiger partial charge in [0.1, 0.15) is 0 Å². The molecular weight excluding hydrogens is 230 g/mol. The van der Waals surface area contributed by atoms with E-state index in [0.717, 1.165) is 32.2 Å². The lowest BCUT2D eigenvalue weighted by Crippen LogP contribution is -2.20. The van der Waals surface area contributed by atoms with Gasteiger partial charge in [0.25, 0.3) is 0 Å². The van der Waals surface area contributed by atoms with Crippen LogP contribution in [0.5, 0.6) is 0 Å². The first-order valence-electron chi connectivity index (χ1n) is 6.60. The van der Waals surface area contributed by atoms with Crippen molar-refractivity contribution in [3.63, 3.8) is 0 Å². The molecule has 0 saturated carbocycles. The molecule has 1 heterocycles. The lowest BCUT2D eigenvalue weighted by molar-refractivity contribution is 0.119. The van der Waals surface area contributed by atoms with Crippen LogP contribution in [0.4, 0.5) is 0 Å². The van der Waals surface area contributed by atoms with E-state index in [1.165, 1.54) is 24.1 Å². The molecule has 98 valence electrons. The Bertz CT molecular complexity index is 259. The van der Waals surface area contributed by atoms with Crippen LogP contribution in [-0.4, -0.2) is 19.7 Å². The molecule has 0 aliphatic heterocycles. The zero-order valence-corrected chi connectivity index (χ0v) is 11.9. The molecule has 0 fully saturated rings. The Morgan fingerprint density at radius 1 is 1.29 bits per heavy atom. The van der Waals surface area contributed by atoms with Gasteiger partial charge < -0.3 is 10.1 Å². The van der Waals surface area contributed by atoms with E-state index in [9.17, 15) is 0 Å². The minimum Gasteiger partial charge on any atom is -0.376 e. The molecule has 0 atom stereocenters. The van der Waals surface area contributed by atoms with E-state index in [1.54, 1.807) is 11.3 Å². The molecule has 0 unspecified atom stereocenters. The first-order valence-corrected chi connectivity index (χ1v) is 7.48. The van der Waals surface area contributed by atoms with Crippen molar-refractivity contribution < 1.29 is 4.74 Å². The Balaban J connectivity index is 1.79. The summed E-state index contributed by atoms with van der Waals surface area (Å²) < 4.78 is 5.61. The van der Waals surface area contributed by atoms with Gasteiger partial charge in [0.2, 0.25) is 0 Å². The van der Waals surface area contributed by atoms with Crippen LogP contribution in [0.2, 0.25) is 0 Å². The van der Waals surface area contributed by atoms with Gasteiger partial charge in [0, 0.05) is 11.5 Å². The summed E-state index contributed by atoms with van der Waals surface area (Å²) in [6.45, 7) is 8.43. The second-order valence-electron chi connectivity index (χ2n) is 4.79. The van der Waals surface area contributed by atoms with Gasteiger partial charge in [0.05, 0.1) is 6.61 Å². The number of ether oxygens (including phenoxy) is 1. The summed E-state index contributed by atoms with van der Waals surface area (Å²) in [5, 5.41) is 5.56. The third-order valence-corrected chi connectivity index (χ3v) is 3.37. The van der Waals surface area contributed by atoms with E-state index in [-0.39, 0.29) is 0 Å². The van der Waals surface area contributed by atoms with Gasteiger partial charge in [-0.25, -0.2) is 0 Å². The third-order valence-electron chi connectivity index (χ3n) is 2.52. The normalized spacial score (nSPS) is 11.2. The summed E-state index contributed by atoms with van der Waals surface area (Å²) in [6.07, 6.45) is 3.69. The molecule has 2 nitrogen and oxygen atoms in total. The lowest BCUT2D eigenvalue weighted by atomic mass is 10.2. The zero-order chi connectivity index (χ0) is 12.3. The molecule has 1 aromatic rings. The number of thiophene rings is 1. The second-order valence-corrected chi connectivity index (χ2v) is 5.82. The van der Waals surface area contributed by atoms with Crippen LogP contribution in [0, 0.1) is 5.92 Å². The molecule has 0 aromatic carbocycles. The minimum atomic E-state index is 0.754. The highest BCUT2D eigenvalue weighted by Gasteiger charge is 1.95. The van der Waals surface area contributed by atoms with Crippen LogP contribution in [-0.2, 0) is 11.3 Å². The van der Waals surface area contributed by atoms with Gasteiger partial charge in [-0.1, -0.05) is 19.9 Å². The van der Waals surface area contributed by atoms with Gasteiger partial charge in [-0.15, -0.1) is 11.3 Å². The maximum absolute atomic E-state index is 5.61. The van der Waals surface area contributed by atoms with E-state index in [0.29, 0.717) is 0 Å². The van der Waals surface area contributed by atoms with Crippen molar-refractivity contribution in [1.82, 2.24) is 5.32 Å². The topological polar surface area (TPSA) is 21.3 Å². The Labute approximate surface area is 109 Å².